The molecule has 620 valence electrons. The van der Waals surface area contributed by atoms with Gasteiger partial charge >= 0.3 is 0 Å². The van der Waals surface area contributed by atoms with E-state index in [4.69, 9.17) is 27.9 Å². The van der Waals surface area contributed by atoms with Crippen molar-refractivity contribution in [3.8, 4) is 17.2 Å². The molecule has 13 aliphatic rings. The lowest BCUT2D eigenvalue weighted by Gasteiger charge is -2.62. The molecule has 19 rings (SSSR count). The Labute approximate surface area is 692 Å². The van der Waals surface area contributed by atoms with Crippen molar-refractivity contribution in [3.63, 3.8) is 0 Å². The second-order valence-electron chi connectivity index (χ2n) is 34.2. The number of amides is 4. The first-order valence-electron chi connectivity index (χ1n) is 41.7. The molecular formula is C89H113Cl2N13O11S. The Bertz CT molecular complexity index is 4550. The van der Waals surface area contributed by atoms with Crippen LogP contribution in [0, 0.1) is 0 Å². The number of aromatic hydroxyl groups is 2. The molecule has 27 heteroatoms. The number of rotatable bonds is 13. The lowest BCUT2D eigenvalue weighted by Crippen LogP contribution is -2.76. The third kappa shape index (κ3) is 16.7. The first-order valence-corrected chi connectivity index (χ1v) is 43.9. The van der Waals surface area contributed by atoms with Crippen molar-refractivity contribution < 1.29 is 52.4 Å². The molecule has 24 nitrogen and oxygen atoms in total. The van der Waals surface area contributed by atoms with Crippen LogP contribution in [0.25, 0.3) is 0 Å². The molecule has 2 saturated carbocycles. The van der Waals surface area contributed by atoms with Gasteiger partial charge in [0.05, 0.1) is 64.9 Å². The topological polar surface area (TPSA) is 267 Å². The number of aliphatic hydroxyl groups is 1. The lowest BCUT2D eigenvalue weighted by atomic mass is 9.49. The number of halogens is 2. The summed E-state index contributed by atoms with van der Waals surface area (Å²) in [5, 5.41) is 45.6. The minimum atomic E-state index is -3.99. The lowest BCUT2D eigenvalue weighted by molar-refractivity contribution is -0.187. The second-order valence-corrected chi connectivity index (χ2v) is 36.9. The molecule has 7 N–H and O–H groups in total. The van der Waals surface area contributed by atoms with Crippen molar-refractivity contribution in [2.45, 2.75) is 192 Å². The predicted molar refractivity (Wildman–Crippen MR) is 445 cm³/mol. The second kappa shape index (κ2) is 34.8. The van der Waals surface area contributed by atoms with Crippen molar-refractivity contribution in [1.29, 1.82) is 0 Å². The number of piperidine rings is 5. The summed E-state index contributed by atoms with van der Waals surface area (Å²) in [4.78, 5) is 79.2. The summed E-state index contributed by atoms with van der Waals surface area (Å²) in [6, 6.07) is 47.7. The van der Waals surface area contributed by atoms with Crippen LogP contribution >= 0.6 is 23.2 Å². The molecule has 0 aromatic heterocycles. The Morgan fingerprint density at radius 2 is 1.03 bits per heavy atom. The smallest absolute Gasteiger partial charge is 0.246 e. The maximum Gasteiger partial charge on any atom is 0.246 e. The number of benzene rings is 6. The Morgan fingerprint density at radius 3 is 1.51 bits per heavy atom. The van der Waals surface area contributed by atoms with E-state index in [0.717, 1.165) is 133 Å². The van der Waals surface area contributed by atoms with Gasteiger partial charge in [0.15, 0.2) is 29.1 Å². The van der Waals surface area contributed by atoms with Gasteiger partial charge in [-0.15, -0.1) is 6.58 Å². The van der Waals surface area contributed by atoms with E-state index in [1.54, 1.807) is 6.07 Å². The highest BCUT2D eigenvalue weighted by Crippen LogP contribution is 2.65. The first kappa shape index (κ1) is 83.2. The summed E-state index contributed by atoms with van der Waals surface area (Å²) in [5.74, 6) is 0.599. The standard InChI is InChI=1S/C20H21Cl2N3O4S.C20H29N3O.C19H21NO4.2C15H21N3O/c21-15-10-16(22)19(27)17(11-15)30(28,29)25-8-6-20(7-9-25)23-18(26)13-24(20)12-14-4-2-1-3-5-14;24-19-16-23(15-17-7-3-1-4-8-17)20(21-19)11-13-22(14-12-20)18-9-5-2-6-10-18;1-2-8-20-9-7-18-15-11-3-4-12(21)16(15)24-17(18)13(22)5-6-19(18,23)14(20)10-11;2*1-17-9-7-15(8-10-17)16-11-14(19)18(15)12-13-5-3-2-4-6-13/h1-5,10-11,27H,6-9,12-13H2,(H,23,26);1,3-4,7-8,18H,2,5-6,9-16H2,(H,21,24);2-4,14,17,21,23H,1,5-10H2;2*2-6,16H,7-12H2,1H3/t;;14-,17?,18+,19-;;/m..1../s1. The van der Waals surface area contributed by atoms with Crippen LogP contribution in [0.1, 0.15) is 136 Å². The third-order valence-electron chi connectivity index (χ3n) is 27.4. The molecule has 9 saturated heterocycles. The first-order chi connectivity index (χ1) is 55.9. The van der Waals surface area contributed by atoms with E-state index >= 15 is 0 Å². The molecule has 6 aromatic carbocycles. The molecule has 2 bridgehead atoms. The van der Waals surface area contributed by atoms with Gasteiger partial charge in [0.1, 0.15) is 4.90 Å². The number of phenolic OH excluding ortho intramolecular Hbond substituents is 2. The van der Waals surface area contributed by atoms with Gasteiger partial charge in [-0.05, 0) is 144 Å². The van der Waals surface area contributed by atoms with E-state index in [1.165, 1.54) is 65.2 Å². The number of carbonyl (C=O) groups excluding carboxylic acids is 5. The molecule has 116 heavy (non-hydrogen) atoms. The van der Waals surface area contributed by atoms with E-state index < -0.39 is 38.6 Å². The highest BCUT2D eigenvalue weighted by Gasteiger charge is 2.73. The summed E-state index contributed by atoms with van der Waals surface area (Å²) in [6.07, 6.45) is 17.3. The Hall–Kier alpha value is -7.86. The van der Waals surface area contributed by atoms with Crippen molar-refractivity contribution in [3.05, 3.63) is 202 Å². The average molecular weight is 1640 g/mol. The molecule has 0 radical (unpaired) electrons. The number of phenols is 2. The van der Waals surface area contributed by atoms with Crippen molar-refractivity contribution in [2.24, 2.45) is 0 Å². The number of sulfonamides is 1. The van der Waals surface area contributed by atoms with Crippen LogP contribution < -0.4 is 26.0 Å². The Kier molecular flexibility index (Phi) is 25.0. The molecular weight excluding hydrogens is 1530 g/mol. The quantitative estimate of drug-likeness (QED) is 0.0532. The Balaban J connectivity index is 0.000000115. The number of Topliss-reactive ketones (excluding diaryl/α,β-unsaturated/α-hetero) is 1. The van der Waals surface area contributed by atoms with E-state index in [0.29, 0.717) is 70.5 Å². The molecule has 6 aromatic rings. The fourth-order valence-electron chi connectivity index (χ4n) is 21.0. The molecule has 1 unspecified atom stereocenters. The number of carbonyl (C=O) groups is 5. The summed E-state index contributed by atoms with van der Waals surface area (Å²) in [7, 11) is 0.297. The molecule has 11 fully saturated rings. The van der Waals surface area contributed by atoms with E-state index in [9.17, 15) is 47.7 Å². The van der Waals surface area contributed by atoms with Crippen LogP contribution in [-0.2, 0) is 72.0 Å². The van der Waals surface area contributed by atoms with Gasteiger partial charge in [0, 0.05) is 121 Å². The number of nitrogens with zero attached hydrogens (tertiary/aromatic N) is 9. The number of ketones is 1. The third-order valence-corrected chi connectivity index (χ3v) is 29.9. The molecule has 4 atom stereocenters. The van der Waals surface area contributed by atoms with E-state index in [2.05, 4.69) is 136 Å². The zero-order chi connectivity index (χ0) is 81.2. The van der Waals surface area contributed by atoms with Crippen molar-refractivity contribution in [2.75, 3.05) is 106 Å². The van der Waals surface area contributed by atoms with Gasteiger partial charge in [-0.25, -0.2) is 8.42 Å². The molecule has 3 aliphatic carbocycles. The van der Waals surface area contributed by atoms with E-state index in [1.807, 2.05) is 78.9 Å². The molecule has 5 spiro atoms. The minimum Gasteiger partial charge on any atom is -0.505 e. The van der Waals surface area contributed by atoms with Crippen LogP contribution in [-0.4, -0.2) is 249 Å². The number of ether oxygens (including phenoxy) is 1. The summed E-state index contributed by atoms with van der Waals surface area (Å²) >= 11 is 11.8. The van der Waals surface area contributed by atoms with Gasteiger partial charge in [-0.1, -0.05) is 176 Å². The number of nitrogens with one attached hydrogen (secondary N) is 4. The van der Waals surface area contributed by atoms with Crippen LogP contribution in [0.5, 0.6) is 17.2 Å². The number of hydrogen-bond donors (Lipinski definition) is 7. The summed E-state index contributed by atoms with van der Waals surface area (Å²) in [6.45, 7) is 16.8. The Morgan fingerprint density at radius 1 is 0.560 bits per heavy atom. The predicted octanol–water partition coefficient (Wildman–Crippen LogP) is 8.94. The maximum atomic E-state index is 13.1. The zero-order valence-corrected chi connectivity index (χ0v) is 69.2. The van der Waals surface area contributed by atoms with Crippen molar-refractivity contribution in [1.82, 2.24) is 64.8 Å². The van der Waals surface area contributed by atoms with Crippen LogP contribution in [0.15, 0.2) is 163 Å². The monoisotopic (exact) mass is 1640 g/mol. The molecule has 10 heterocycles. The van der Waals surface area contributed by atoms with Crippen LogP contribution in [0.3, 0.4) is 0 Å². The van der Waals surface area contributed by atoms with Crippen LogP contribution in [0.4, 0.5) is 0 Å². The number of likely N-dealkylation sites (tertiary alicyclic amines) is 4. The molecule has 4 amide bonds. The van der Waals surface area contributed by atoms with Gasteiger partial charge in [0.25, 0.3) is 0 Å². The average Bonchev–Trinajstić information content (AvgIpc) is 1.41. The highest BCUT2D eigenvalue weighted by molar-refractivity contribution is 7.89. The van der Waals surface area contributed by atoms with Gasteiger partial charge in [0.2, 0.25) is 33.7 Å². The largest absolute Gasteiger partial charge is 0.505 e. The minimum absolute atomic E-state index is 0.0408. The summed E-state index contributed by atoms with van der Waals surface area (Å²) in [5.41, 5.74) is 4.12. The van der Waals surface area contributed by atoms with E-state index in [-0.39, 0.29) is 92.8 Å². The maximum absolute atomic E-state index is 13.1. The zero-order valence-electron chi connectivity index (χ0n) is 66.9. The number of hydrogen-bond acceptors (Lipinski definition) is 19. The summed E-state index contributed by atoms with van der Waals surface area (Å²) < 4.78 is 33.5. The highest BCUT2D eigenvalue weighted by atomic mass is 35.5. The van der Waals surface area contributed by atoms with Gasteiger partial charge in [-0.2, -0.15) is 4.31 Å². The van der Waals surface area contributed by atoms with Crippen molar-refractivity contribution >= 4 is 62.6 Å². The fourth-order valence-corrected chi connectivity index (χ4v) is 23.2. The molecule has 10 aliphatic heterocycles. The normalized spacial score (nSPS) is 26.2. The fraction of sp³-hybridized carbons (Fsp3) is 0.517. The van der Waals surface area contributed by atoms with Gasteiger partial charge < -0.3 is 55.2 Å². The SMILES string of the molecule is C=CCN1CC[C@]23c4c5ccc(O)c4OC2C(=O)CC[C@@]3(O)[C@H]1C5.CN1CCC2(CC1)NCC(=O)N2Cc1ccccc1.CN1CCC2(CC1)NCC(=O)N2Cc1ccccc1.O=C1CN(Cc2ccccc2)C2(CCN(C3CCCCC3)CC2)N1.O=C1CN(Cc2ccccc2)C2(CCN(S(=O)(=O)c3cc(Cl)cc(Cl)c3O)CC2)N1. The van der Waals surface area contributed by atoms with Gasteiger partial charge in [-0.3, -0.25) is 49.3 Å². The van der Waals surface area contributed by atoms with Crippen LogP contribution in [0.2, 0.25) is 10.0 Å².